The van der Waals surface area contributed by atoms with Crippen molar-refractivity contribution in [1.29, 1.82) is 0 Å². The van der Waals surface area contributed by atoms with Crippen molar-refractivity contribution < 1.29 is 18.7 Å². The van der Waals surface area contributed by atoms with Crippen LogP contribution in [-0.2, 0) is 4.79 Å². The van der Waals surface area contributed by atoms with Crippen molar-refractivity contribution in [2.45, 2.75) is 12.1 Å². The van der Waals surface area contributed by atoms with E-state index in [1.165, 1.54) is 12.1 Å². The molecule has 2 aromatic carbocycles. The average molecular weight is 364 g/mol. The van der Waals surface area contributed by atoms with Gasteiger partial charge in [0.2, 0.25) is 6.10 Å². The molecule has 0 radical (unpaired) electrons. The van der Waals surface area contributed by atoms with E-state index in [1.807, 2.05) is 6.07 Å². The first-order chi connectivity index (χ1) is 13.2. The number of pyridine rings is 1. The fourth-order valence-electron chi connectivity index (χ4n) is 3.16. The number of hydrogen-bond acceptors (Lipinski definition) is 4. The summed E-state index contributed by atoms with van der Waals surface area (Å²) in [5.74, 6) is 0.0123. The first-order valence-corrected chi connectivity index (χ1v) is 8.47. The molecule has 1 aromatic heterocycles. The Morgan fingerprint density at radius 1 is 1.04 bits per heavy atom. The molecule has 0 aliphatic carbocycles. The highest BCUT2D eigenvalue weighted by Gasteiger charge is 2.51. The van der Waals surface area contributed by atoms with E-state index >= 15 is 0 Å². The molecule has 0 saturated carbocycles. The van der Waals surface area contributed by atoms with Crippen LogP contribution >= 0.6 is 0 Å². The third-order valence-electron chi connectivity index (χ3n) is 4.51. The van der Waals surface area contributed by atoms with E-state index in [1.54, 1.807) is 66.9 Å². The van der Waals surface area contributed by atoms with Gasteiger partial charge in [0.05, 0.1) is 7.11 Å². The van der Waals surface area contributed by atoms with Gasteiger partial charge in [-0.1, -0.05) is 18.2 Å². The minimum absolute atomic E-state index is 0.0547. The van der Waals surface area contributed by atoms with Crippen molar-refractivity contribution in [3.63, 3.8) is 0 Å². The number of amides is 1. The van der Waals surface area contributed by atoms with E-state index in [0.29, 0.717) is 11.4 Å². The lowest BCUT2D eigenvalue weighted by Crippen LogP contribution is -2.61. The smallest absolute Gasteiger partial charge is 0.271 e. The molecule has 1 fully saturated rings. The zero-order valence-corrected chi connectivity index (χ0v) is 14.6. The van der Waals surface area contributed by atoms with E-state index in [9.17, 15) is 9.18 Å². The van der Waals surface area contributed by atoms with Gasteiger partial charge < -0.3 is 9.47 Å². The van der Waals surface area contributed by atoms with Crippen molar-refractivity contribution in [3.05, 3.63) is 84.4 Å². The van der Waals surface area contributed by atoms with Crippen LogP contribution in [0.1, 0.15) is 11.6 Å². The lowest BCUT2D eigenvalue weighted by molar-refractivity contribution is -0.135. The van der Waals surface area contributed by atoms with Gasteiger partial charge in [-0.2, -0.15) is 0 Å². The van der Waals surface area contributed by atoms with Gasteiger partial charge in [0, 0.05) is 18.1 Å². The third kappa shape index (κ3) is 3.10. The van der Waals surface area contributed by atoms with Crippen LogP contribution in [0.15, 0.2) is 73.1 Å². The Balaban J connectivity index is 1.67. The number of rotatable bonds is 5. The molecule has 6 heteroatoms. The number of nitrogens with zero attached hydrogens (tertiary/aromatic N) is 2. The van der Waals surface area contributed by atoms with Crippen LogP contribution in [0, 0.1) is 5.82 Å². The molecule has 1 aliphatic heterocycles. The fourth-order valence-corrected chi connectivity index (χ4v) is 3.16. The second-order valence-electron chi connectivity index (χ2n) is 6.11. The molecule has 0 unspecified atom stereocenters. The predicted molar refractivity (Wildman–Crippen MR) is 98.3 cm³/mol. The number of halogens is 1. The highest BCUT2D eigenvalue weighted by Crippen LogP contribution is 2.41. The molecule has 1 amide bonds. The van der Waals surface area contributed by atoms with E-state index < -0.39 is 18.0 Å². The van der Waals surface area contributed by atoms with Gasteiger partial charge in [-0.3, -0.25) is 14.7 Å². The second kappa shape index (κ2) is 7.07. The molecule has 1 aliphatic rings. The number of aromatic nitrogens is 1. The van der Waals surface area contributed by atoms with Gasteiger partial charge in [0.15, 0.2) is 11.6 Å². The molecular formula is C21H17FN2O3. The lowest BCUT2D eigenvalue weighted by atomic mass is 9.90. The minimum Gasteiger partial charge on any atom is -0.497 e. The van der Waals surface area contributed by atoms with Crippen LogP contribution in [0.3, 0.4) is 0 Å². The molecule has 0 N–H and O–H groups in total. The van der Waals surface area contributed by atoms with Crippen LogP contribution in [0.2, 0.25) is 0 Å². The van der Waals surface area contributed by atoms with Crippen LogP contribution in [0.4, 0.5) is 10.1 Å². The number of carbonyl (C=O) groups is 1. The number of methoxy groups -OCH3 is 1. The number of β-lactam (4-membered cyclic amide) rings is 1. The maximum Gasteiger partial charge on any atom is 0.271 e. The van der Waals surface area contributed by atoms with Gasteiger partial charge in [-0.15, -0.1) is 0 Å². The summed E-state index contributed by atoms with van der Waals surface area (Å²) >= 11 is 0. The van der Waals surface area contributed by atoms with E-state index in [4.69, 9.17) is 9.47 Å². The molecule has 3 aromatic rings. The van der Waals surface area contributed by atoms with Crippen LogP contribution in [0.5, 0.6) is 11.5 Å². The predicted octanol–water partition coefficient (Wildman–Crippen LogP) is 3.76. The van der Waals surface area contributed by atoms with Gasteiger partial charge in [-0.25, -0.2) is 4.39 Å². The summed E-state index contributed by atoms with van der Waals surface area (Å²) in [5, 5.41) is 0. The van der Waals surface area contributed by atoms with Gasteiger partial charge in [-0.05, 0) is 48.0 Å². The molecule has 0 spiro atoms. The van der Waals surface area contributed by atoms with Crippen LogP contribution < -0.4 is 14.4 Å². The minimum atomic E-state index is -0.826. The molecule has 136 valence electrons. The molecule has 2 heterocycles. The van der Waals surface area contributed by atoms with Gasteiger partial charge in [0.1, 0.15) is 11.8 Å². The second-order valence-corrected chi connectivity index (χ2v) is 6.11. The number of benzene rings is 2. The van der Waals surface area contributed by atoms with Crippen molar-refractivity contribution in [3.8, 4) is 11.5 Å². The average Bonchev–Trinajstić information content (AvgIpc) is 2.72. The molecule has 0 bridgehead atoms. The first kappa shape index (κ1) is 17.0. The van der Waals surface area contributed by atoms with Crippen LogP contribution in [-0.4, -0.2) is 24.1 Å². The highest BCUT2D eigenvalue weighted by atomic mass is 19.1. The Morgan fingerprint density at radius 2 is 1.81 bits per heavy atom. The Labute approximate surface area is 156 Å². The topological polar surface area (TPSA) is 51.7 Å². The van der Waals surface area contributed by atoms with Crippen molar-refractivity contribution in [2.75, 3.05) is 12.0 Å². The Bertz CT molecular complexity index is 947. The molecular weight excluding hydrogens is 347 g/mol. The molecule has 2 atom stereocenters. The zero-order chi connectivity index (χ0) is 18.8. The van der Waals surface area contributed by atoms with E-state index in [0.717, 1.165) is 5.56 Å². The number of ether oxygens (including phenoxy) is 2. The number of anilines is 1. The summed E-state index contributed by atoms with van der Waals surface area (Å²) in [5.41, 5.74) is 1.53. The Hall–Kier alpha value is -3.41. The van der Waals surface area contributed by atoms with E-state index in [2.05, 4.69) is 4.98 Å². The van der Waals surface area contributed by atoms with Crippen molar-refractivity contribution in [2.24, 2.45) is 0 Å². The summed E-state index contributed by atoms with van der Waals surface area (Å²) in [6, 6.07) is 16.5. The molecule has 27 heavy (non-hydrogen) atoms. The first-order valence-electron chi connectivity index (χ1n) is 8.47. The standard InChI is InChI=1S/C21H17FN2O3/c1-26-16-10-8-15(9-11-16)24-19(14-5-4-12-23-13-14)20(21(24)25)27-18-7-3-2-6-17(18)22/h2-13,19-20H,1H3/t19-,20-/m0/s1. The Morgan fingerprint density at radius 3 is 2.48 bits per heavy atom. The normalized spacial score (nSPS) is 18.7. The lowest BCUT2D eigenvalue weighted by Gasteiger charge is -2.46. The molecule has 4 rings (SSSR count). The third-order valence-corrected chi connectivity index (χ3v) is 4.51. The maximum absolute atomic E-state index is 14.0. The summed E-state index contributed by atoms with van der Waals surface area (Å²) in [6.45, 7) is 0. The monoisotopic (exact) mass is 364 g/mol. The Kier molecular flexibility index (Phi) is 4.46. The van der Waals surface area contributed by atoms with E-state index in [-0.39, 0.29) is 11.7 Å². The SMILES string of the molecule is COc1ccc(N2C(=O)[C@@H](Oc3ccccc3F)[C@@H]2c2cccnc2)cc1. The summed E-state index contributed by atoms with van der Waals surface area (Å²) in [7, 11) is 1.58. The van der Waals surface area contributed by atoms with Crippen molar-refractivity contribution >= 4 is 11.6 Å². The summed E-state index contributed by atoms with van der Waals surface area (Å²) in [6.07, 6.45) is 2.52. The number of carbonyl (C=O) groups excluding carboxylic acids is 1. The molecule has 5 nitrogen and oxygen atoms in total. The van der Waals surface area contributed by atoms with Gasteiger partial charge >= 0.3 is 0 Å². The van der Waals surface area contributed by atoms with Crippen molar-refractivity contribution in [1.82, 2.24) is 4.98 Å². The largest absolute Gasteiger partial charge is 0.497 e. The quantitative estimate of drug-likeness (QED) is 0.647. The summed E-state index contributed by atoms with van der Waals surface area (Å²) in [4.78, 5) is 18.6. The number of para-hydroxylation sites is 1. The maximum atomic E-state index is 14.0. The fraction of sp³-hybridized carbons (Fsp3) is 0.143. The highest BCUT2D eigenvalue weighted by molar-refractivity contribution is 6.05. The molecule has 1 saturated heterocycles. The zero-order valence-electron chi connectivity index (χ0n) is 14.6. The van der Waals surface area contributed by atoms with Crippen LogP contribution in [0.25, 0.3) is 0 Å². The summed E-state index contributed by atoms with van der Waals surface area (Å²) < 4.78 is 24.9. The van der Waals surface area contributed by atoms with Gasteiger partial charge in [0.25, 0.3) is 5.91 Å². The number of hydrogen-bond donors (Lipinski definition) is 0.